The molecule has 2 rings (SSSR count). The number of hydrogen-bond donors (Lipinski definition) is 0. The molecule has 4 nitrogen and oxygen atoms in total. The van der Waals surface area contributed by atoms with E-state index in [9.17, 15) is 8.42 Å². The van der Waals surface area contributed by atoms with Crippen LogP contribution in [0.15, 0.2) is 23.1 Å². The maximum Gasteiger partial charge on any atom is 0.191 e. The van der Waals surface area contributed by atoms with Crippen LogP contribution in [0.1, 0.15) is 12.0 Å². The second-order valence-electron chi connectivity index (χ2n) is 3.64. The van der Waals surface area contributed by atoms with Crippen molar-refractivity contribution in [1.29, 1.82) is 5.26 Å². The number of nitriles is 1. The van der Waals surface area contributed by atoms with E-state index >= 15 is 0 Å². The summed E-state index contributed by atoms with van der Waals surface area (Å²) in [4.78, 5) is 0.207. The number of benzene rings is 1. The SMILES string of the molecule is N#CCS(=O)(=O)c1ccc2c(c1)CCCO2. The Hall–Kier alpha value is -1.54. The Morgan fingerprint density at radius 2 is 2.25 bits per heavy atom. The molecule has 0 spiro atoms. The van der Waals surface area contributed by atoms with E-state index in [4.69, 9.17) is 10.00 Å². The van der Waals surface area contributed by atoms with E-state index < -0.39 is 15.6 Å². The molecule has 0 N–H and O–H groups in total. The molecule has 1 aliphatic rings. The molecule has 0 saturated carbocycles. The average molecular weight is 237 g/mol. The molecule has 1 aromatic carbocycles. The molecule has 0 unspecified atom stereocenters. The van der Waals surface area contributed by atoms with Crippen LogP contribution in [0.25, 0.3) is 0 Å². The summed E-state index contributed by atoms with van der Waals surface area (Å²) < 4.78 is 28.7. The maximum absolute atomic E-state index is 11.7. The molecular formula is C11H11NO3S. The molecule has 1 aromatic rings. The average Bonchev–Trinajstić information content (AvgIpc) is 2.28. The number of sulfone groups is 1. The topological polar surface area (TPSA) is 67.2 Å². The minimum absolute atomic E-state index is 0.207. The molecule has 1 aliphatic heterocycles. The molecule has 5 heteroatoms. The molecule has 0 aromatic heterocycles. The molecule has 0 bridgehead atoms. The minimum atomic E-state index is -3.46. The van der Waals surface area contributed by atoms with Crippen LogP contribution in [0.2, 0.25) is 0 Å². The zero-order valence-electron chi connectivity index (χ0n) is 8.64. The molecule has 0 saturated heterocycles. The highest BCUT2D eigenvalue weighted by atomic mass is 32.2. The van der Waals surface area contributed by atoms with Crippen molar-refractivity contribution >= 4 is 9.84 Å². The number of rotatable bonds is 2. The largest absolute Gasteiger partial charge is 0.493 e. The summed E-state index contributed by atoms with van der Waals surface area (Å²) in [7, 11) is -3.46. The predicted molar refractivity (Wildman–Crippen MR) is 57.9 cm³/mol. The van der Waals surface area contributed by atoms with Gasteiger partial charge in [0.05, 0.1) is 17.6 Å². The molecule has 0 aliphatic carbocycles. The van der Waals surface area contributed by atoms with Crippen molar-refractivity contribution in [2.75, 3.05) is 12.4 Å². The van der Waals surface area contributed by atoms with Gasteiger partial charge in [0.15, 0.2) is 9.84 Å². The van der Waals surface area contributed by atoms with Crippen molar-refractivity contribution in [1.82, 2.24) is 0 Å². The quantitative estimate of drug-likeness (QED) is 0.777. The van der Waals surface area contributed by atoms with Crippen LogP contribution in [0.5, 0.6) is 5.75 Å². The van der Waals surface area contributed by atoms with Crippen LogP contribution in [0.4, 0.5) is 0 Å². The fraction of sp³-hybridized carbons (Fsp3) is 0.364. The normalized spacial score (nSPS) is 14.7. The van der Waals surface area contributed by atoms with Crippen molar-refractivity contribution in [3.8, 4) is 11.8 Å². The summed E-state index contributed by atoms with van der Waals surface area (Å²) in [5.41, 5.74) is 0.908. The van der Waals surface area contributed by atoms with Gasteiger partial charge in [-0.05, 0) is 36.6 Å². The highest BCUT2D eigenvalue weighted by molar-refractivity contribution is 7.91. The van der Waals surface area contributed by atoms with E-state index in [1.54, 1.807) is 18.2 Å². The monoisotopic (exact) mass is 237 g/mol. The van der Waals surface area contributed by atoms with Gasteiger partial charge in [-0.2, -0.15) is 5.26 Å². The number of nitrogens with zero attached hydrogens (tertiary/aromatic N) is 1. The lowest BCUT2D eigenvalue weighted by Gasteiger charge is -2.17. The van der Waals surface area contributed by atoms with Gasteiger partial charge < -0.3 is 4.74 Å². The first-order chi connectivity index (χ1) is 7.63. The number of fused-ring (bicyclic) bond motifs is 1. The lowest BCUT2D eigenvalue weighted by Crippen LogP contribution is -2.11. The lowest BCUT2D eigenvalue weighted by atomic mass is 10.1. The molecule has 1 heterocycles. The van der Waals surface area contributed by atoms with Crippen LogP contribution >= 0.6 is 0 Å². The Morgan fingerprint density at radius 3 is 3.00 bits per heavy atom. The van der Waals surface area contributed by atoms with Crippen LogP contribution in [-0.4, -0.2) is 20.8 Å². The minimum Gasteiger partial charge on any atom is -0.493 e. The number of ether oxygens (including phenoxy) is 1. The summed E-state index contributed by atoms with van der Waals surface area (Å²) >= 11 is 0. The number of aryl methyl sites for hydroxylation is 1. The predicted octanol–water partition coefficient (Wildman–Crippen LogP) is 1.31. The third-order valence-corrected chi connectivity index (χ3v) is 3.97. The second kappa shape index (κ2) is 4.14. The molecule has 16 heavy (non-hydrogen) atoms. The van der Waals surface area contributed by atoms with Crippen molar-refractivity contribution in [2.45, 2.75) is 17.7 Å². The zero-order valence-corrected chi connectivity index (χ0v) is 9.46. The molecule has 0 radical (unpaired) electrons. The highest BCUT2D eigenvalue weighted by Crippen LogP contribution is 2.27. The fourth-order valence-electron chi connectivity index (χ4n) is 1.70. The van der Waals surface area contributed by atoms with Crippen molar-refractivity contribution in [3.05, 3.63) is 23.8 Å². The van der Waals surface area contributed by atoms with Gasteiger partial charge in [0, 0.05) is 0 Å². The first-order valence-corrected chi connectivity index (χ1v) is 6.64. The lowest BCUT2D eigenvalue weighted by molar-refractivity contribution is 0.288. The van der Waals surface area contributed by atoms with Gasteiger partial charge in [-0.25, -0.2) is 8.42 Å². The van der Waals surface area contributed by atoms with Crippen molar-refractivity contribution in [2.24, 2.45) is 0 Å². The third-order valence-electron chi connectivity index (χ3n) is 2.49. The van der Waals surface area contributed by atoms with E-state index in [2.05, 4.69) is 0 Å². The van der Waals surface area contributed by atoms with Crippen LogP contribution in [0.3, 0.4) is 0 Å². The Balaban J connectivity index is 2.42. The summed E-state index contributed by atoms with van der Waals surface area (Å²) in [6, 6.07) is 6.44. The molecule has 0 amide bonds. The van der Waals surface area contributed by atoms with E-state index in [1.165, 1.54) is 6.07 Å². The van der Waals surface area contributed by atoms with Crippen LogP contribution < -0.4 is 4.74 Å². The van der Waals surface area contributed by atoms with Crippen molar-refractivity contribution < 1.29 is 13.2 Å². The van der Waals surface area contributed by atoms with Crippen LogP contribution in [0, 0.1) is 11.3 Å². The molecular weight excluding hydrogens is 226 g/mol. The highest BCUT2D eigenvalue weighted by Gasteiger charge is 2.17. The standard InChI is InChI=1S/C11H11NO3S/c12-5-7-16(13,14)10-3-4-11-9(8-10)2-1-6-15-11/h3-4,8H,1-2,6-7H2. The summed E-state index contributed by atoms with van der Waals surface area (Å²) in [5, 5.41) is 8.45. The molecule has 84 valence electrons. The second-order valence-corrected chi connectivity index (χ2v) is 5.63. The van der Waals surface area contributed by atoms with Gasteiger partial charge in [-0.15, -0.1) is 0 Å². The Labute approximate surface area is 94.4 Å². The maximum atomic E-state index is 11.7. The number of hydrogen-bond acceptors (Lipinski definition) is 4. The Kier molecular flexibility index (Phi) is 2.84. The van der Waals surface area contributed by atoms with Gasteiger partial charge in [0.1, 0.15) is 11.5 Å². The molecule has 0 fully saturated rings. The summed E-state index contributed by atoms with van der Waals surface area (Å²) in [6.45, 7) is 0.678. The Bertz CT molecular complexity index is 543. The van der Waals surface area contributed by atoms with Crippen molar-refractivity contribution in [3.63, 3.8) is 0 Å². The Morgan fingerprint density at radius 1 is 1.44 bits per heavy atom. The van der Waals surface area contributed by atoms with Gasteiger partial charge in [-0.1, -0.05) is 0 Å². The third kappa shape index (κ3) is 2.02. The zero-order chi connectivity index (χ0) is 11.6. The van der Waals surface area contributed by atoms with E-state index in [1.807, 2.05) is 0 Å². The van der Waals surface area contributed by atoms with E-state index in [0.717, 1.165) is 24.2 Å². The van der Waals surface area contributed by atoms with Gasteiger partial charge in [-0.3, -0.25) is 0 Å². The smallest absolute Gasteiger partial charge is 0.191 e. The summed E-state index contributed by atoms with van der Waals surface area (Å²) in [6.07, 6.45) is 1.72. The van der Waals surface area contributed by atoms with E-state index in [0.29, 0.717) is 6.61 Å². The fourth-order valence-corrected chi connectivity index (χ4v) is 2.63. The molecule has 0 atom stereocenters. The van der Waals surface area contributed by atoms with Gasteiger partial charge >= 0.3 is 0 Å². The van der Waals surface area contributed by atoms with Gasteiger partial charge in [0.25, 0.3) is 0 Å². The van der Waals surface area contributed by atoms with Crippen LogP contribution in [-0.2, 0) is 16.3 Å². The first-order valence-electron chi connectivity index (χ1n) is 4.99. The first kappa shape index (κ1) is 11.0. The summed E-state index contributed by atoms with van der Waals surface area (Å²) in [5.74, 6) is 0.272. The van der Waals surface area contributed by atoms with Gasteiger partial charge in [0.2, 0.25) is 0 Å². The van der Waals surface area contributed by atoms with E-state index in [-0.39, 0.29) is 4.90 Å².